The predicted molar refractivity (Wildman–Crippen MR) is 54.8 cm³/mol. The molecule has 0 spiro atoms. The molecule has 80 valence electrons. The molecule has 2 unspecified atom stereocenters. The number of carbonyl (C=O) groups is 1. The van der Waals surface area contributed by atoms with Gasteiger partial charge in [0.2, 0.25) is 5.91 Å². The van der Waals surface area contributed by atoms with Crippen LogP contribution in [-0.2, 0) is 4.79 Å². The zero-order valence-electron chi connectivity index (χ0n) is 8.54. The summed E-state index contributed by atoms with van der Waals surface area (Å²) in [6.45, 7) is 3.20. The van der Waals surface area contributed by atoms with Gasteiger partial charge in [0.25, 0.3) is 0 Å². The zero-order valence-corrected chi connectivity index (χ0v) is 8.54. The molecule has 4 nitrogen and oxygen atoms in total. The van der Waals surface area contributed by atoms with Gasteiger partial charge in [-0.05, 0) is 31.7 Å². The van der Waals surface area contributed by atoms with Gasteiger partial charge in [0.15, 0.2) is 0 Å². The summed E-state index contributed by atoms with van der Waals surface area (Å²) in [6, 6.07) is 0.606. The lowest BCUT2D eigenvalue weighted by molar-refractivity contribution is -0.124. The van der Waals surface area contributed by atoms with Crippen LogP contribution in [0.25, 0.3) is 0 Å². The van der Waals surface area contributed by atoms with E-state index in [1.165, 1.54) is 19.3 Å². The van der Waals surface area contributed by atoms with E-state index < -0.39 is 0 Å². The van der Waals surface area contributed by atoms with Gasteiger partial charge in [-0.2, -0.15) is 0 Å². The van der Waals surface area contributed by atoms with Gasteiger partial charge in [-0.25, -0.2) is 0 Å². The molecule has 1 saturated carbocycles. The van der Waals surface area contributed by atoms with Crippen molar-refractivity contribution in [2.45, 2.75) is 25.3 Å². The highest BCUT2D eigenvalue weighted by Crippen LogP contribution is 2.28. The van der Waals surface area contributed by atoms with E-state index in [1.54, 1.807) is 0 Å². The average molecular weight is 197 g/mol. The zero-order chi connectivity index (χ0) is 9.97. The molecule has 14 heavy (non-hydrogen) atoms. The first kappa shape index (κ1) is 9.93. The lowest BCUT2D eigenvalue weighted by Crippen LogP contribution is -2.51. The molecule has 1 amide bonds. The van der Waals surface area contributed by atoms with E-state index in [4.69, 9.17) is 5.73 Å². The topological polar surface area (TPSA) is 58.4 Å². The predicted octanol–water partition coefficient (Wildman–Crippen LogP) is -0.454. The number of amides is 1. The average Bonchev–Trinajstić information content (AvgIpc) is 2.66. The minimum atomic E-state index is 0.174. The summed E-state index contributed by atoms with van der Waals surface area (Å²) in [4.78, 5) is 13.5. The quantitative estimate of drug-likeness (QED) is 0.630. The SMILES string of the molecule is NCC1CCC(N2CCNC(=O)C2)C1. The number of hydrogen-bond donors (Lipinski definition) is 2. The van der Waals surface area contributed by atoms with Gasteiger partial charge < -0.3 is 11.1 Å². The van der Waals surface area contributed by atoms with Crippen molar-refractivity contribution in [3.05, 3.63) is 0 Å². The van der Waals surface area contributed by atoms with Crippen molar-refractivity contribution >= 4 is 5.91 Å². The Bertz CT molecular complexity index is 219. The smallest absolute Gasteiger partial charge is 0.234 e. The molecule has 4 heteroatoms. The van der Waals surface area contributed by atoms with Gasteiger partial charge in [0.05, 0.1) is 6.54 Å². The van der Waals surface area contributed by atoms with E-state index in [-0.39, 0.29) is 5.91 Å². The lowest BCUT2D eigenvalue weighted by Gasteiger charge is -2.31. The number of hydrogen-bond acceptors (Lipinski definition) is 3. The van der Waals surface area contributed by atoms with Crippen molar-refractivity contribution in [2.75, 3.05) is 26.2 Å². The Morgan fingerprint density at radius 3 is 3.00 bits per heavy atom. The van der Waals surface area contributed by atoms with E-state index in [0.717, 1.165) is 19.6 Å². The minimum Gasteiger partial charge on any atom is -0.354 e. The minimum absolute atomic E-state index is 0.174. The maximum atomic E-state index is 11.2. The van der Waals surface area contributed by atoms with Crippen LogP contribution in [0.3, 0.4) is 0 Å². The first-order chi connectivity index (χ1) is 6.79. The molecule has 2 aliphatic rings. The molecular weight excluding hydrogens is 178 g/mol. The van der Waals surface area contributed by atoms with Gasteiger partial charge >= 0.3 is 0 Å². The highest BCUT2D eigenvalue weighted by Gasteiger charge is 2.30. The normalized spacial score (nSPS) is 34.5. The Hall–Kier alpha value is -0.610. The summed E-state index contributed by atoms with van der Waals surface area (Å²) in [5.74, 6) is 0.859. The van der Waals surface area contributed by atoms with E-state index in [1.807, 2.05) is 0 Å². The second-order valence-electron chi connectivity index (χ2n) is 4.39. The van der Waals surface area contributed by atoms with Crippen molar-refractivity contribution in [3.8, 4) is 0 Å². The third kappa shape index (κ3) is 2.07. The van der Waals surface area contributed by atoms with E-state index in [2.05, 4.69) is 10.2 Å². The summed E-state index contributed by atoms with van der Waals surface area (Å²) >= 11 is 0. The van der Waals surface area contributed by atoms with Crippen LogP contribution in [0.1, 0.15) is 19.3 Å². The summed E-state index contributed by atoms with van der Waals surface area (Å²) < 4.78 is 0. The fourth-order valence-corrected chi connectivity index (χ4v) is 2.56. The van der Waals surface area contributed by atoms with Crippen molar-refractivity contribution in [3.63, 3.8) is 0 Å². The van der Waals surface area contributed by atoms with Crippen molar-refractivity contribution in [1.29, 1.82) is 0 Å². The molecule has 3 N–H and O–H groups in total. The number of piperazine rings is 1. The lowest BCUT2D eigenvalue weighted by atomic mass is 10.1. The Morgan fingerprint density at radius 1 is 1.50 bits per heavy atom. The highest BCUT2D eigenvalue weighted by molar-refractivity contribution is 5.78. The van der Waals surface area contributed by atoms with Crippen LogP contribution in [0, 0.1) is 5.92 Å². The number of rotatable bonds is 2. The van der Waals surface area contributed by atoms with Crippen LogP contribution in [0.4, 0.5) is 0 Å². The van der Waals surface area contributed by atoms with Crippen molar-refractivity contribution in [1.82, 2.24) is 10.2 Å². The van der Waals surface area contributed by atoms with E-state index in [0.29, 0.717) is 18.5 Å². The van der Waals surface area contributed by atoms with E-state index >= 15 is 0 Å². The summed E-state index contributed by atoms with van der Waals surface area (Å²) in [5.41, 5.74) is 5.66. The Kier molecular flexibility index (Phi) is 3.03. The molecule has 1 aliphatic heterocycles. The molecule has 2 fully saturated rings. The molecule has 0 aromatic rings. The molecule has 0 aromatic heterocycles. The number of carbonyl (C=O) groups excluding carboxylic acids is 1. The van der Waals surface area contributed by atoms with Gasteiger partial charge in [0, 0.05) is 19.1 Å². The standard InChI is InChI=1S/C10H19N3O/c11-6-8-1-2-9(5-8)13-4-3-12-10(14)7-13/h8-9H,1-7,11H2,(H,12,14). The maximum Gasteiger partial charge on any atom is 0.234 e. The summed E-state index contributed by atoms with van der Waals surface area (Å²) in [6.07, 6.45) is 3.64. The number of nitrogens with one attached hydrogen (secondary N) is 1. The van der Waals surface area contributed by atoms with Crippen LogP contribution in [0.2, 0.25) is 0 Å². The van der Waals surface area contributed by atoms with Crippen LogP contribution in [0.15, 0.2) is 0 Å². The third-order valence-corrected chi connectivity index (χ3v) is 3.43. The molecule has 0 aromatic carbocycles. The molecule has 0 radical (unpaired) electrons. The first-order valence-corrected chi connectivity index (χ1v) is 5.50. The van der Waals surface area contributed by atoms with Crippen molar-refractivity contribution < 1.29 is 4.79 Å². The third-order valence-electron chi connectivity index (χ3n) is 3.43. The van der Waals surface area contributed by atoms with Crippen LogP contribution < -0.4 is 11.1 Å². The monoisotopic (exact) mass is 197 g/mol. The molecule has 1 aliphatic carbocycles. The van der Waals surface area contributed by atoms with Crippen molar-refractivity contribution in [2.24, 2.45) is 11.7 Å². The Morgan fingerprint density at radius 2 is 2.36 bits per heavy atom. The van der Waals surface area contributed by atoms with Gasteiger partial charge in [0.1, 0.15) is 0 Å². The summed E-state index contributed by atoms with van der Waals surface area (Å²) in [5, 5.41) is 2.86. The number of nitrogens with zero attached hydrogens (tertiary/aromatic N) is 1. The fourth-order valence-electron chi connectivity index (χ4n) is 2.56. The van der Waals surface area contributed by atoms with Crippen LogP contribution in [0.5, 0.6) is 0 Å². The Balaban J connectivity index is 1.86. The molecule has 1 heterocycles. The first-order valence-electron chi connectivity index (χ1n) is 5.50. The van der Waals surface area contributed by atoms with Gasteiger partial charge in [-0.3, -0.25) is 9.69 Å². The van der Waals surface area contributed by atoms with Crippen LogP contribution in [-0.4, -0.2) is 43.0 Å². The second-order valence-corrected chi connectivity index (χ2v) is 4.39. The highest BCUT2D eigenvalue weighted by atomic mass is 16.2. The van der Waals surface area contributed by atoms with Gasteiger partial charge in [-0.15, -0.1) is 0 Å². The van der Waals surface area contributed by atoms with Gasteiger partial charge in [-0.1, -0.05) is 0 Å². The second kappa shape index (κ2) is 4.28. The molecule has 2 atom stereocenters. The maximum absolute atomic E-state index is 11.2. The molecule has 2 rings (SSSR count). The van der Waals surface area contributed by atoms with Crippen LogP contribution >= 0.6 is 0 Å². The molecule has 0 bridgehead atoms. The Labute approximate surface area is 84.8 Å². The molecular formula is C10H19N3O. The summed E-state index contributed by atoms with van der Waals surface area (Å²) in [7, 11) is 0. The fraction of sp³-hybridized carbons (Fsp3) is 0.900. The largest absolute Gasteiger partial charge is 0.354 e. The number of nitrogens with two attached hydrogens (primary N) is 1. The van der Waals surface area contributed by atoms with E-state index in [9.17, 15) is 4.79 Å². The molecule has 1 saturated heterocycles.